The van der Waals surface area contributed by atoms with Crippen LogP contribution >= 0.6 is 0 Å². The second-order valence-electron chi connectivity index (χ2n) is 4.24. The maximum Gasteiger partial charge on any atom is 0.222 e. The maximum absolute atomic E-state index is 11.5. The number of anilines is 1. The summed E-state index contributed by atoms with van der Waals surface area (Å²) in [6.45, 7) is 5.08. The first kappa shape index (κ1) is 11.8. The van der Waals surface area contributed by atoms with Crippen molar-refractivity contribution in [2.75, 3.05) is 31.1 Å². The molecule has 0 aliphatic carbocycles. The number of carbonyl (C=O) groups is 1. The van der Waals surface area contributed by atoms with E-state index in [2.05, 4.69) is 4.90 Å². The van der Waals surface area contributed by atoms with Crippen LogP contribution in [0.1, 0.15) is 13.3 Å². The van der Waals surface area contributed by atoms with Gasteiger partial charge in [-0.2, -0.15) is 0 Å². The van der Waals surface area contributed by atoms with Crippen LogP contribution in [0.3, 0.4) is 0 Å². The van der Waals surface area contributed by atoms with Gasteiger partial charge in [-0.3, -0.25) is 4.79 Å². The molecule has 1 aliphatic rings. The molecule has 0 bridgehead atoms. The number of hydrogen-bond donors (Lipinski definition) is 1. The SMILES string of the molecule is CCC(=O)N1CCN(c2cccc(O)c2)CC1. The van der Waals surface area contributed by atoms with Gasteiger partial charge in [-0.25, -0.2) is 0 Å². The highest BCUT2D eigenvalue weighted by Crippen LogP contribution is 2.21. The first-order valence-corrected chi connectivity index (χ1v) is 6.02. The van der Waals surface area contributed by atoms with Crippen LogP contribution in [0.5, 0.6) is 5.75 Å². The molecule has 1 aromatic carbocycles. The van der Waals surface area contributed by atoms with E-state index in [0.717, 1.165) is 31.9 Å². The molecule has 4 heteroatoms. The van der Waals surface area contributed by atoms with Gasteiger partial charge >= 0.3 is 0 Å². The zero-order chi connectivity index (χ0) is 12.3. The lowest BCUT2D eigenvalue weighted by molar-refractivity contribution is -0.131. The molecule has 0 unspecified atom stereocenters. The molecule has 1 amide bonds. The first-order chi connectivity index (χ1) is 8.20. The molecule has 2 rings (SSSR count). The van der Waals surface area contributed by atoms with Crippen molar-refractivity contribution in [1.29, 1.82) is 0 Å². The lowest BCUT2D eigenvalue weighted by Crippen LogP contribution is -2.48. The lowest BCUT2D eigenvalue weighted by atomic mass is 10.2. The number of carbonyl (C=O) groups excluding carboxylic acids is 1. The minimum absolute atomic E-state index is 0.223. The number of amides is 1. The Morgan fingerprint density at radius 2 is 2.00 bits per heavy atom. The van der Waals surface area contributed by atoms with Crippen LogP contribution < -0.4 is 4.90 Å². The molecule has 0 atom stereocenters. The number of piperazine rings is 1. The van der Waals surface area contributed by atoms with Gasteiger partial charge in [-0.15, -0.1) is 0 Å². The van der Waals surface area contributed by atoms with Crippen LogP contribution in [-0.4, -0.2) is 42.1 Å². The standard InChI is InChI=1S/C13H18N2O2/c1-2-13(17)15-8-6-14(7-9-15)11-4-3-5-12(16)10-11/h3-5,10,16H,2,6-9H2,1H3. The molecule has 0 aromatic heterocycles. The van der Waals surface area contributed by atoms with E-state index in [1.807, 2.05) is 24.0 Å². The van der Waals surface area contributed by atoms with E-state index in [4.69, 9.17) is 0 Å². The number of aromatic hydroxyl groups is 1. The third kappa shape index (κ3) is 2.70. The van der Waals surface area contributed by atoms with Crippen molar-refractivity contribution < 1.29 is 9.90 Å². The summed E-state index contributed by atoms with van der Waals surface area (Å²) in [6.07, 6.45) is 0.576. The summed E-state index contributed by atoms with van der Waals surface area (Å²) in [7, 11) is 0. The zero-order valence-electron chi connectivity index (χ0n) is 10.1. The minimum atomic E-state index is 0.223. The fraction of sp³-hybridized carbons (Fsp3) is 0.462. The molecule has 0 radical (unpaired) electrons. The van der Waals surface area contributed by atoms with Crippen LogP contribution in [0.25, 0.3) is 0 Å². The summed E-state index contributed by atoms with van der Waals surface area (Å²) in [6, 6.07) is 7.25. The number of hydrogen-bond acceptors (Lipinski definition) is 3. The van der Waals surface area contributed by atoms with E-state index in [9.17, 15) is 9.90 Å². The lowest BCUT2D eigenvalue weighted by Gasteiger charge is -2.36. The van der Waals surface area contributed by atoms with Gasteiger partial charge in [0.25, 0.3) is 0 Å². The summed E-state index contributed by atoms with van der Waals surface area (Å²) in [4.78, 5) is 15.6. The molecule has 92 valence electrons. The van der Waals surface area contributed by atoms with E-state index >= 15 is 0 Å². The molecule has 17 heavy (non-hydrogen) atoms. The monoisotopic (exact) mass is 234 g/mol. The molecular weight excluding hydrogens is 216 g/mol. The number of phenols is 1. The predicted molar refractivity (Wildman–Crippen MR) is 67.2 cm³/mol. The van der Waals surface area contributed by atoms with Crippen molar-refractivity contribution in [1.82, 2.24) is 4.90 Å². The van der Waals surface area contributed by atoms with Gasteiger partial charge in [-0.05, 0) is 12.1 Å². The Morgan fingerprint density at radius 1 is 1.29 bits per heavy atom. The average molecular weight is 234 g/mol. The van der Waals surface area contributed by atoms with Crippen LogP contribution in [0.2, 0.25) is 0 Å². The predicted octanol–water partition coefficient (Wildman–Crippen LogP) is 1.45. The Hall–Kier alpha value is -1.71. The Labute approximate surface area is 101 Å². The fourth-order valence-electron chi connectivity index (χ4n) is 2.13. The Morgan fingerprint density at radius 3 is 2.59 bits per heavy atom. The number of nitrogens with zero attached hydrogens (tertiary/aromatic N) is 2. The second-order valence-corrected chi connectivity index (χ2v) is 4.24. The molecule has 1 fully saturated rings. The van der Waals surface area contributed by atoms with Gasteiger partial charge in [0.15, 0.2) is 0 Å². The highest BCUT2D eigenvalue weighted by atomic mass is 16.3. The molecule has 1 saturated heterocycles. The fourth-order valence-corrected chi connectivity index (χ4v) is 2.13. The van der Waals surface area contributed by atoms with Crippen molar-refractivity contribution in [3.63, 3.8) is 0 Å². The van der Waals surface area contributed by atoms with Crippen molar-refractivity contribution in [2.24, 2.45) is 0 Å². The molecule has 1 N–H and O–H groups in total. The molecule has 0 saturated carbocycles. The van der Waals surface area contributed by atoms with Crippen LogP contribution in [0, 0.1) is 0 Å². The molecule has 0 spiro atoms. The Bertz CT molecular complexity index is 398. The van der Waals surface area contributed by atoms with Crippen molar-refractivity contribution >= 4 is 11.6 Å². The smallest absolute Gasteiger partial charge is 0.222 e. The topological polar surface area (TPSA) is 43.8 Å². The quantitative estimate of drug-likeness (QED) is 0.842. The number of benzene rings is 1. The summed E-state index contributed by atoms with van der Waals surface area (Å²) in [5.41, 5.74) is 1.02. The third-order valence-corrected chi connectivity index (χ3v) is 3.13. The summed E-state index contributed by atoms with van der Waals surface area (Å²) < 4.78 is 0. The van der Waals surface area contributed by atoms with Crippen molar-refractivity contribution in [3.8, 4) is 5.75 Å². The first-order valence-electron chi connectivity index (χ1n) is 6.02. The second kappa shape index (κ2) is 5.08. The average Bonchev–Trinajstić information content (AvgIpc) is 2.38. The zero-order valence-corrected chi connectivity index (χ0v) is 10.1. The minimum Gasteiger partial charge on any atom is -0.508 e. The van der Waals surface area contributed by atoms with Crippen LogP contribution in [0.15, 0.2) is 24.3 Å². The van der Waals surface area contributed by atoms with E-state index in [0.29, 0.717) is 6.42 Å². The van der Waals surface area contributed by atoms with Crippen molar-refractivity contribution in [2.45, 2.75) is 13.3 Å². The molecule has 4 nitrogen and oxygen atoms in total. The molecule has 1 heterocycles. The number of rotatable bonds is 2. The van der Waals surface area contributed by atoms with E-state index < -0.39 is 0 Å². The summed E-state index contributed by atoms with van der Waals surface area (Å²) >= 11 is 0. The Kier molecular flexibility index (Phi) is 3.52. The maximum atomic E-state index is 11.5. The Balaban J connectivity index is 1.97. The van der Waals surface area contributed by atoms with Gasteiger partial charge in [0.2, 0.25) is 5.91 Å². The molecule has 1 aromatic rings. The van der Waals surface area contributed by atoms with Gasteiger partial charge in [0, 0.05) is 44.4 Å². The normalized spacial score (nSPS) is 16.1. The highest BCUT2D eigenvalue weighted by Gasteiger charge is 2.19. The van der Waals surface area contributed by atoms with E-state index in [1.165, 1.54) is 0 Å². The van der Waals surface area contributed by atoms with Crippen LogP contribution in [-0.2, 0) is 4.79 Å². The number of phenolic OH excluding ortho intramolecular Hbond substituents is 1. The highest BCUT2D eigenvalue weighted by molar-refractivity contribution is 5.76. The van der Waals surface area contributed by atoms with Gasteiger partial charge in [-0.1, -0.05) is 13.0 Å². The van der Waals surface area contributed by atoms with Gasteiger partial charge < -0.3 is 14.9 Å². The largest absolute Gasteiger partial charge is 0.508 e. The van der Waals surface area contributed by atoms with Crippen molar-refractivity contribution in [3.05, 3.63) is 24.3 Å². The third-order valence-electron chi connectivity index (χ3n) is 3.13. The van der Waals surface area contributed by atoms with Gasteiger partial charge in [0.1, 0.15) is 5.75 Å². The summed E-state index contributed by atoms with van der Waals surface area (Å²) in [5.74, 6) is 0.509. The van der Waals surface area contributed by atoms with E-state index in [-0.39, 0.29) is 11.7 Å². The van der Waals surface area contributed by atoms with Gasteiger partial charge in [0.05, 0.1) is 0 Å². The van der Waals surface area contributed by atoms with Crippen LogP contribution in [0.4, 0.5) is 5.69 Å². The molecule has 1 aliphatic heterocycles. The van der Waals surface area contributed by atoms with E-state index in [1.54, 1.807) is 12.1 Å². The summed E-state index contributed by atoms with van der Waals surface area (Å²) in [5, 5.41) is 9.43. The molecular formula is C13H18N2O2.